The lowest BCUT2D eigenvalue weighted by Crippen LogP contribution is -2.54. The van der Waals surface area contributed by atoms with Gasteiger partial charge in [-0.2, -0.15) is 0 Å². The molecule has 1 aromatic heterocycles. The van der Waals surface area contributed by atoms with Gasteiger partial charge >= 0.3 is 0 Å². The van der Waals surface area contributed by atoms with Crippen LogP contribution in [0.5, 0.6) is 0 Å². The van der Waals surface area contributed by atoms with Crippen LogP contribution in [-0.2, 0) is 9.53 Å². The first-order valence-corrected chi connectivity index (χ1v) is 8.12. The van der Waals surface area contributed by atoms with Crippen LogP contribution in [0.4, 0.5) is 0 Å². The highest BCUT2D eigenvalue weighted by atomic mass is 16.5. The maximum atomic E-state index is 12.8. The second kappa shape index (κ2) is 6.34. The minimum absolute atomic E-state index is 0.0612. The van der Waals surface area contributed by atoms with Crippen molar-refractivity contribution < 1.29 is 13.9 Å². The van der Waals surface area contributed by atoms with E-state index in [2.05, 4.69) is 10.6 Å². The van der Waals surface area contributed by atoms with Crippen molar-refractivity contribution in [3.8, 4) is 0 Å². The van der Waals surface area contributed by atoms with Gasteiger partial charge in [0.2, 0.25) is 0 Å². The van der Waals surface area contributed by atoms with Gasteiger partial charge < -0.3 is 19.8 Å². The summed E-state index contributed by atoms with van der Waals surface area (Å²) < 4.78 is 11.5. The van der Waals surface area contributed by atoms with Crippen LogP contribution in [0.1, 0.15) is 37.1 Å². The van der Waals surface area contributed by atoms with Gasteiger partial charge in [0.05, 0.1) is 6.04 Å². The Kier molecular flexibility index (Phi) is 4.41. The Morgan fingerprint density at radius 2 is 2.04 bits per heavy atom. The zero-order valence-electron chi connectivity index (χ0n) is 13.9. The van der Waals surface area contributed by atoms with Crippen molar-refractivity contribution in [3.05, 3.63) is 35.6 Å². The fraction of sp³-hybridized carbons (Fsp3) is 0.500. The molecule has 2 heterocycles. The van der Waals surface area contributed by atoms with Gasteiger partial charge in [0, 0.05) is 18.1 Å². The molecule has 0 spiro atoms. The molecule has 1 saturated heterocycles. The molecule has 1 aromatic carbocycles. The largest absolute Gasteiger partial charge is 0.459 e. The van der Waals surface area contributed by atoms with E-state index in [1.54, 1.807) is 7.11 Å². The maximum absolute atomic E-state index is 12.8. The molecule has 0 saturated carbocycles. The van der Waals surface area contributed by atoms with Crippen molar-refractivity contribution in [2.45, 2.75) is 38.3 Å². The number of methoxy groups -OCH3 is 1. The van der Waals surface area contributed by atoms with Gasteiger partial charge in [0.1, 0.15) is 16.9 Å². The van der Waals surface area contributed by atoms with Gasteiger partial charge in [-0.1, -0.05) is 18.2 Å². The lowest BCUT2D eigenvalue weighted by Gasteiger charge is -2.35. The van der Waals surface area contributed by atoms with Crippen molar-refractivity contribution >= 4 is 16.9 Å². The number of aryl methyl sites for hydroxylation is 1. The van der Waals surface area contributed by atoms with E-state index in [-0.39, 0.29) is 11.9 Å². The summed E-state index contributed by atoms with van der Waals surface area (Å²) >= 11 is 0. The van der Waals surface area contributed by atoms with Crippen molar-refractivity contribution in [2.75, 3.05) is 20.2 Å². The van der Waals surface area contributed by atoms with Crippen LogP contribution in [0.25, 0.3) is 11.0 Å². The van der Waals surface area contributed by atoms with E-state index in [1.165, 1.54) is 0 Å². The number of hydrogen-bond donors (Lipinski definition) is 2. The molecule has 124 valence electrons. The number of para-hydroxylation sites is 1. The molecule has 1 amide bonds. The summed E-state index contributed by atoms with van der Waals surface area (Å²) in [6.45, 7) is 5.56. The lowest BCUT2D eigenvalue weighted by atomic mass is 9.90. The molecular formula is C18H24N2O3. The Labute approximate surface area is 136 Å². The number of ether oxygens (including phenoxy) is 1. The second-order valence-electron chi connectivity index (χ2n) is 6.23. The third-order valence-electron chi connectivity index (χ3n) is 4.84. The molecule has 1 atom stereocenters. The van der Waals surface area contributed by atoms with Gasteiger partial charge in [-0.25, -0.2) is 0 Å². The molecule has 1 unspecified atom stereocenters. The quantitative estimate of drug-likeness (QED) is 0.910. The average molecular weight is 316 g/mol. The Morgan fingerprint density at radius 1 is 1.35 bits per heavy atom. The first-order chi connectivity index (χ1) is 11.1. The zero-order valence-corrected chi connectivity index (χ0v) is 13.9. The van der Waals surface area contributed by atoms with Gasteiger partial charge in [-0.15, -0.1) is 0 Å². The molecule has 1 fully saturated rings. The van der Waals surface area contributed by atoms with Crippen LogP contribution in [0, 0.1) is 6.92 Å². The summed E-state index contributed by atoms with van der Waals surface area (Å²) in [5.74, 6) is 0.744. The Hall–Kier alpha value is -1.85. The topological polar surface area (TPSA) is 63.5 Å². The van der Waals surface area contributed by atoms with Crippen LogP contribution in [0.2, 0.25) is 0 Å². The fourth-order valence-corrected chi connectivity index (χ4v) is 3.35. The number of benzene rings is 1. The molecule has 3 rings (SSSR count). The minimum atomic E-state index is -0.737. The third kappa shape index (κ3) is 2.86. The van der Waals surface area contributed by atoms with E-state index in [9.17, 15) is 4.79 Å². The number of fused-ring (bicyclic) bond motifs is 1. The molecule has 5 nitrogen and oxygen atoms in total. The zero-order chi connectivity index (χ0) is 16.4. The number of nitrogens with one attached hydrogen (secondary N) is 2. The molecule has 0 radical (unpaired) electrons. The van der Waals surface area contributed by atoms with Crippen LogP contribution in [0.15, 0.2) is 28.7 Å². The second-order valence-corrected chi connectivity index (χ2v) is 6.23. The van der Waals surface area contributed by atoms with Crippen LogP contribution in [0.3, 0.4) is 0 Å². The van der Waals surface area contributed by atoms with E-state index >= 15 is 0 Å². The van der Waals surface area contributed by atoms with Crippen molar-refractivity contribution in [2.24, 2.45) is 0 Å². The fourth-order valence-electron chi connectivity index (χ4n) is 3.35. The van der Waals surface area contributed by atoms with Gasteiger partial charge in [0.25, 0.3) is 5.91 Å². The minimum Gasteiger partial charge on any atom is -0.459 e. The lowest BCUT2D eigenvalue weighted by molar-refractivity contribution is -0.147. The van der Waals surface area contributed by atoms with E-state index in [4.69, 9.17) is 9.15 Å². The SMILES string of the molecule is COC1(C(=O)NC(C)c2oc3ccccc3c2C)CCNCC1. The number of rotatable bonds is 4. The molecule has 1 aliphatic heterocycles. The predicted molar refractivity (Wildman–Crippen MR) is 89.4 cm³/mol. The predicted octanol–water partition coefficient (Wildman–Crippen LogP) is 2.69. The van der Waals surface area contributed by atoms with Crippen molar-refractivity contribution in [3.63, 3.8) is 0 Å². The normalized spacial score (nSPS) is 18.7. The molecule has 2 N–H and O–H groups in total. The molecule has 5 heteroatoms. The van der Waals surface area contributed by atoms with E-state index in [0.717, 1.165) is 35.4 Å². The summed E-state index contributed by atoms with van der Waals surface area (Å²) in [4.78, 5) is 12.8. The Bertz CT molecular complexity index is 701. The van der Waals surface area contributed by atoms with Crippen molar-refractivity contribution in [1.82, 2.24) is 10.6 Å². The highest BCUT2D eigenvalue weighted by molar-refractivity contribution is 5.86. The smallest absolute Gasteiger partial charge is 0.252 e. The van der Waals surface area contributed by atoms with Gasteiger partial charge in [0.15, 0.2) is 0 Å². The van der Waals surface area contributed by atoms with Crippen LogP contribution in [-0.4, -0.2) is 31.7 Å². The number of furan rings is 1. The summed E-state index contributed by atoms with van der Waals surface area (Å²) in [5, 5.41) is 7.43. The van der Waals surface area contributed by atoms with E-state index in [0.29, 0.717) is 12.8 Å². The molecule has 0 aliphatic carbocycles. The summed E-state index contributed by atoms with van der Waals surface area (Å²) in [6.07, 6.45) is 1.36. The Morgan fingerprint density at radius 3 is 2.70 bits per heavy atom. The maximum Gasteiger partial charge on any atom is 0.252 e. The Balaban J connectivity index is 1.81. The number of carbonyl (C=O) groups excluding carboxylic acids is 1. The van der Waals surface area contributed by atoms with Gasteiger partial charge in [-0.3, -0.25) is 4.79 Å². The standard InChI is InChI=1S/C18H24N2O3/c1-12-14-6-4-5-7-15(14)23-16(12)13(2)20-17(21)18(22-3)8-10-19-11-9-18/h4-7,13,19H,8-11H2,1-3H3,(H,20,21). The molecule has 0 bridgehead atoms. The van der Waals surface area contributed by atoms with Crippen LogP contribution >= 0.6 is 0 Å². The highest BCUT2D eigenvalue weighted by Crippen LogP contribution is 2.30. The third-order valence-corrected chi connectivity index (χ3v) is 4.84. The van der Waals surface area contributed by atoms with Crippen molar-refractivity contribution in [1.29, 1.82) is 0 Å². The van der Waals surface area contributed by atoms with E-state index in [1.807, 2.05) is 38.1 Å². The van der Waals surface area contributed by atoms with Gasteiger partial charge in [-0.05, 0) is 45.8 Å². The average Bonchev–Trinajstić information content (AvgIpc) is 2.93. The monoisotopic (exact) mass is 316 g/mol. The molecule has 2 aromatic rings. The number of hydrogen-bond acceptors (Lipinski definition) is 4. The molecular weight excluding hydrogens is 292 g/mol. The van der Waals surface area contributed by atoms with Crippen LogP contribution < -0.4 is 10.6 Å². The number of amides is 1. The first-order valence-electron chi connectivity index (χ1n) is 8.12. The number of carbonyl (C=O) groups is 1. The number of piperidine rings is 1. The summed E-state index contributed by atoms with van der Waals surface area (Å²) in [5.41, 5.74) is 1.19. The van der Waals surface area contributed by atoms with E-state index < -0.39 is 5.60 Å². The molecule has 23 heavy (non-hydrogen) atoms. The molecule has 1 aliphatic rings. The summed E-state index contributed by atoms with van der Waals surface area (Å²) in [6, 6.07) is 7.73. The summed E-state index contributed by atoms with van der Waals surface area (Å²) in [7, 11) is 1.61. The highest BCUT2D eigenvalue weighted by Gasteiger charge is 2.40. The first kappa shape index (κ1) is 16.0.